The maximum atomic E-state index is 12.7. The van der Waals surface area contributed by atoms with Gasteiger partial charge in [-0.3, -0.25) is 35.4 Å². The van der Waals surface area contributed by atoms with Gasteiger partial charge in [-0.2, -0.15) is 4.39 Å². The fourth-order valence-electron chi connectivity index (χ4n) is 0.968. The molecule has 0 aromatic carbocycles. The van der Waals surface area contributed by atoms with Crippen LogP contribution in [0.2, 0.25) is 0 Å². The van der Waals surface area contributed by atoms with Crippen molar-refractivity contribution in [2.75, 3.05) is 0 Å². The normalized spacial score (nSPS) is 10.4. The number of nitro groups is 3. The molecule has 1 heterocycles. The molecule has 0 aliphatic carbocycles. The molecule has 12 heteroatoms. The van der Waals surface area contributed by atoms with E-state index in [9.17, 15) is 34.7 Å². The molecule has 11 nitrogen and oxygen atoms in total. The lowest BCUT2D eigenvalue weighted by Crippen LogP contribution is -2.21. The molecule has 0 aliphatic rings. The first-order chi connectivity index (χ1) is 7.36. The van der Waals surface area contributed by atoms with Crippen molar-refractivity contribution in [1.82, 2.24) is 10.2 Å². The number of nitrogens with one attached hydrogen (secondary N) is 1. The van der Waals surface area contributed by atoms with E-state index in [0.717, 1.165) is 0 Å². The zero-order valence-corrected chi connectivity index (χ0v) is 7.19. The number of rotatable bonds is 4. The highest BCUT2D eigenvalue weighted by Crippen LogP contribution is 2.27. The van der Waals surface area contributed by atoms with E-state index in [4.69, 9.17) is 0 Å². The molecule has 0 saturated heterocycles. The fraction of sp³-hybridized carbons (Fsp3) is 0.250. The Bertz CT molecular complexity index is 455. The third kappa shape index (κ3) is 1.75. The minimum atomic E-state index is -2.66. The molecule has 0 unspecified atom stereocenters. The summed E-state index contributed by atoms with van der Waals surface area (Å²) in [7, 11) is 0. The van der Waals surface area contributed by atoms with Crippen LogP contribution in [0.4, 0.5) is 10.1 Å². The molecule has 0 fully saturated rings. The summed E-state index contributed by atoms with van der Waals surface area (Å²) in [6.07, 6.45) is -2.66. The smallest absolute Gasteiger partial charge is 0.260 e. The van der Waals surface area contributed by atoms with E-state index in [0.29, 0.717) is 0 Å². The number of halogens is 1. The Hall–Kier alpha value is -2.66. The molecule has 0 aliphatic heterocycles. The van der Waals surface area contributed by atoms with Crippen LogP contribution >= 0.6 is 0 Å². The minimum Gasteiger partial charge on any atom is -0.260 e. The molecule has 0 atom stereocenters. The van der Waals surface area contributed by atoms with Crippen LogP contribution in [-0.2, 0) is 0 Å². The molecule has 86 valence electrons. The number of hydrogen-bond donors (Lipinski definition) is 1. The highest BCUT2D eigenvalue weighted by Gasteiger charge is 2.45. The second-order valence-corrected chi connectivity index (χ2v) is 2.48. The average molecular weight is 235 g/mol. The van der Waals surface area contributed by atoms with Crippen molar-refractivity contribution < 1.29 is 19.2 Å². The second-order valence-electron chi connectivity index (χ2n) is 2.48. The summed E-state index contributed by atoms with van der Waals surface area (Å²) in [5.74, 6) is -1.64. The summed E-state index contributed by atoms with van der Waals surface area (Å²) < 4.78 is 12.7. The Kier molecular flexibility index (Phi) is 2.74. The Labute approximate surface area is 84.3 Å². The topological polar surface area (TPSA) is 158 Å². The van der Waals surface area contributed by atoms with Crippen LogP contribution in [0, 0.1) is 36.3 Å². The molecule has 0 spiro atoms. The van der Waals surface area contributed by atoms with Gasteiger partial charge >= 0.3 is 17.8 Å². The monoisotopic (exact) mass is 235 g/mol. The summed E-state index contributed by atoms with van der Waals surface area (Å²) in [6, 6.07) is 0. The van der Waals surface area contributed by atoms with Gasteiger partial charge in [0.2, 0.25) is 0 Å². The van der Waals surface area contributed by atoms with Crippen molar-refractivity contribution in [3.8, 4) is 0 Å². The second kappa shape index (κ2) is 3.84. The first kappa shape index (κ1) is 11.4. The van der Waals surface area contributed by atoms with Crippen molar-refractivity contribution in [3.63, 3.8) is 0 Å². The van der Waals surface area contributed by atoms with Gasteiger partial charge in [-0.1, -0.05) is 0 Å². The number of aromatic amines is 1. The van der Waals surface area contributed by atoms with Crippen molar-refractivity contribution in [2.45, 2.75) is 6.17 Å². The van der Waals surface area contributed by atoms with Gasteiger partial charge in [0, 0.05) is 0 Å². The van der Waals surface area contributed by atoms with Crippen molar-refractivity contribution in [1.29, 1.82) is 0 Å². The highest BCUT2D eigenvalue weighted by molar-refractivity contribution is 5.34. The van der Waals surface area contributed by atoms with Gasteiger partial charge < -0.3 is 0 Å². The number of hydrogen-bond acceptors (Lipinski definition) is 7. The SMILES string of the molecule is O=[N+]([O-])c1c(F)n[nH]c1C([N+](=O)[O-])[N+](=O)[O-]. The maximum absolute atomic E-state index is 12.7. The Morgan fingerprint density at radius 3 is 2.06 bits per heavy atom. The lowest BCUT2D eigenvalue weighted by atomic mass is 10.3. The van der Waals surface area contributed by atoms with E-state index in [1.807, 2.05) is 0 Å². The van der Waals surface area contributed by atoms with Crippen LogP contribution in [0.5, 0.6) is 0 Å². The van der Waals surface area contributed by atoms with E-state index in [-0.39, 0.29) is 0 Å². The largest absolute Gasteiger partial charge is 0.499 e. The molecular formula is C4H2FN5O6. The molecule has 0 bridgehead atoms. The lowest BCUT2D eigenvalue weighted by molar-refractivity contribution is -0.753. The first-order valence-electron chi connectivity index (χ1n) is 3.51. The van der Waals surface area contributed by atoms with Gasteiger partial charge in [-0.15, -0.1) is 5.10 Å². The number of nitrogens with zero attached hydrogens (tertiary/aromatic N) is 4. The number of aromatic nitrogens is 2. The zero-order chi connectivity index (χ0) is 12.5. The van der Waals surface area contributed by atoms with Crippen LogP contribution in [0.15, 0.2) is 0 Å². The quantitative estimate of drug-likeness (QED) is 0.436. The summed E-state index contributed by atoms with van der Waals surface area (Å²) in [4.78, 5) is 26.8. The van der Waals surface area contributed by atoms with E-state index in [2.05, 4.69) is 5.10 Å². The fourth-order valence-corrected chi connectivity index (χ4v) is 0.968. The predicted molar refractivity (Wildman–Crippen MR) is 41.9 cm³/mol. The standard InChI is InChI=1S/C4H2FN5O6/c5-3-2(8(11)12)1(6-7-3)4(9(13)14)10(15)16/h4H,(H,6,7). The average Bonchev–Trinajstić information content (AvgIpc) is 2.46. The van der Waals surface area contributed by atoms with Crippen molar-refractivity contribution in [3.05, 3.63) is 42.0 Å². The molecule has 0 amide bonds. The molecule has 1 aromatic rings. The molecule has 0 radical (unpaired) electrons. The lowest BCUT2D eigenvalue weighted by Gasteiger charge is -1.97. The zero-order valence-electron chi connectivity index (χ0n) is 7.19. The van der Waals surface area contributed by atoms with Crippen LogP contribution in [-0.4, -0.2) is 25.0 Å². The van der Waals surface area contributed by atoms with Gasteiger partial charge in [0.05, 0.1) is 4.92 Å². The molecule has 1 rings (SSSR count). The molecule has 0 saturated carbocycles. The van der Waals surface area contributed by atoms with E-state index >= 15 is 0 Å². The Morgan fingerprint density at radius 1 is 1.19 bits per heavy atom. The Balaban J connectivity index is 3.36. The van der Waals surface area contributed by atoms with Gasteiger partial charge in [0.15, 0.2) is 0 Å². The highest BCUT2D eigenvalue weighted by atomic mass is 19.1. The third-order valence-corrected chi connectivity index (χ3v) is 1.57. The van der Waals surface area contributed by atoms with Gasteiger partial charge in [0.1, 0.15) is 9.85 Å². The van der Waals surface area contributed by atoms with Gasteiger partial charge in [-0.25, -0.2) is 0 Å². The molecular weight excluding hydrogens is 233 g/mol. The van der Waals surface area contributed by atoms with Crippen LogP contribution in [0.3, 0.4) is 0 Å². The van der Waals surface area contributed by atoms with Crippen LogP contribution in [0.25, 0.3) is 0 Å². The van der Waals surface area contributed by atoms with Crippen LogP contribution in [0.1, 0.15) is 11.9 Å². The summed E-state index contributed by atoms with van der Waals surface area (Å²) in [5, 5.41) is 35.2. The summed E-state index contributed by atoms with van der Waals surface area (Å²) in [5.41, 5.74) is -2.52. The summed E-state index contributed by atoms with van der Waals surface area (Å²) in [6.45, 7) is 0. The van der Waals surface area contributed by atoms with E-state index in [1.165, 1.54) is 0 Å². The van der Waals surface area contributed by atoms with E-state index in [1.54, 1.807) is 5.10 Å². The predicted octanol–water partition coefficient (Wildman–Crippen LogP) is 0.00900. The number of H-pyrrole nitrogens is 1. The molecule has 1 aromatic heterocycles. The molecule has 1 N–H and O–H groups in total. The summed E-state index contributed by atoms with van der Waals surface area (Å²) >= 11 is 0. The molecule has 16 heavy (non-hydrogen) atoms. The van der Waals surface area contributed by atoms with E-state index < -0.39 is 38.3 Å². The van der Waals surface area contributed by atoms with Gasteiger partial charge in [0.25, 0.3) is 5.69 Å². The van der Waals surface area contributed by atoms with Gasteiger partial charge in [-0.05, 0) is 0 Å². The first-order valence-corrected chi connectivity index (χ1v) is 3.51. The Morgan fingerprint density at radius 2 is 1.69 bits per heavy atom. The third-order valence-electron chi connectivity index (χ3n) is 1.57. The van der Waals surface area contributed by atoms with Crippen molar-refractivity contribution >= 4 is 5.69 Å². The minimum absolute atomic E-state index is 1.11. The maximum Gasteiger partial charge on any atom is 0.499 e. The van der Waals surface area contributed by atoms with Crippen molar-refractivity contribution in [2.24, 2.45) is 0 Å². The van der Waals surface area contributed by atoms with Crippen LogP contribution < -0.4 is 0 Å².